The Morgan fingerprint density at radius 1 is 1.44 bits per heavy atom. The summed E-state index contributed by atoms with van der Waals surface area (Å²) in [6.07, 6.45) is 6.09. The summed E-state index contributed by atoms with van der Waals surface area (Å²) < 4.78 is 0. The molecule has 0 aromatic heterocycles. The molecule has 45 valence electrons. The molecule has 1 radical (unpaired) electrons. The third-order valence-corrected chi connectivity index (χ3v) is 3.35. The smallest absolute Gasteiger partial charge is 0.106 e. The highest BCUT2D eigenvalue weighted by Crippen LogP contribution is 2.10. The second-order valence-electron chi connectivity index (χ2n) is 1.84. The van der Waals surface area contributed by atoms with Gasteiger partial charge >= 0.3 is 0 Å². The topological polar surface area (TPSA) is 0 Å². The highest BCUT2D eigenvalue weighted by molar-refractivity contribution is 6.77. The maximum Gasteiger partial charge on any atom is 0.138 e. The molecule has 0 aliphatic carbocycles. The van der Waals surface area contributed by atoms with Crippen LogP contribution in [0.1, 0.15) is 0 Å². The molecule has 0 aromatic carbocycles. The summed E-state index contributed by atoms with van der Waals surface area (Å²) in [5.74, 6) is 0. The Hall–Kier alpha value is -0.823. The van der Waals surface area contributed by atoms with Gasteiger partial charge in [0.05, 0.1) is 0 Å². The Morgan fingerprint density at radius 3 is 2.67 bits per heavy atom. The summed E-state index contributed by atoms with van der Waals surface area (Å²) in [5, 5.41) is 1.34. The third kappa shape index (κ3) is 1.11. The first-order valence-electron chi connectivity index (χ1n) is 2.89. The van der Waals surface area contributed by atoms with E-state index in [1.54, 1.807) is 0 Å². The van der Waals surface area contributed by atoms with Crippen LogP contribution >= 0.6 is 0 Å². The maximum atomic E-state index is 3.75. The maximum absolute atomic E-state index is 3.75. The fourth-order valence-corrected chi connectivity index (χ4v) is 2.21. The molecule has 1 aliphatic rings. The number of rotatable bonds is 2. The van der Waals surface area contributed by atoms with E-state index in [-0.39, 0.29) is 0 Å². The van der Waals surface area contributed by atoms with E-state index in [1.165, 1.54) is 5.20 Å². The molecule has 0 nitrogen and oxygen atoms in total. The van der Waals surface area contributed by atoms with E-state index in [0.29, 0.717) is 0 Å². The molecule has 0 spiro atoms. The number of hydrogen-bond donors (Lipinski definition) is 0. The van der Waals surface area contributed by atoms with Crippen molar-refractivity contribution in [1.82, 2.24) is 0 Å². The van der Waals surface area contributed by atoms with Crippen molar-refractivity contribution < 1.29 is 0 Å². The number of allylic oxidation sites excluding steroid dienone is 4. The molecule has 0 aromatic rings. The van der Waals surface area contributed by atoms with Gasteiger partial charge in [0.25, 0.3) is 0 Å². The quantitative estimate of drug-likeness (QED) is 0.505. The van der Waals surface area contributed by atoms with E-state index < -0.39 is 8.80 Å². The minimum atomic E-state index is -0.514. The second kappa shape index (κ2) is 2.64. The molecule has 9 heavy (non-hydrogen) atoms. The van der Waals surface area contributed by atoms with Crippen molar-refractivity contribution in [3.8, 4) is 0 Å². The SMILES string of the molecule is C=CC1=CC=C[Si]1C=C. The summed E-state index contributed by atoms with van der Waals surface area (Å²) in [4.78, 5) is 0. The van der Waals surface area contributed by atoms with Crippen LogP contribution in [0.5, 0.6) is 0 Å². The highest BCUT2D eigenvalue weighted by atomic mass is 28.3. The zero-order valence-electron chi connectivity index (χ0n) is 5.30. The van der Waals surface area contributed by atoms with Gasteiger partial charge in [-0.2, -0.15) is 0 Å². The molecule has 0 amide bonds. The van der Waals surface area contributed by atoms with Gasteiger partial charge in [0, 0.05) is 0 Å². The molecule has 0 atom stereocenters. The van der Waals surface area contributed by atoms with Crippen molar-refractivity contribution >= 4 is 8.80 Å². The van der Waals surface area contributed by atoms with E-state index in [1.807, 2.05) is 11.8 Å². The van der Waals surface area contributed by atoms with Crippen LogP contribution in [0.25, 0.3) is 0 Å². The Kier molecular flexibility index (Phi) is 1.85. The molecular formula is C8H9Si. The molecule has 0 bridgehead atoms. The van der Waals surface area contributed by atoms with Gasteiger partial charge in [0.2, 0.25) is 0 Å². The van der Waals surface area contributed by atoms with Gasteiger partial charge in [-0.25, -0.2) is 0 Å². The molecule has 0 saturated carbocycles. The van der Waals surface area contributed by atoms with Crippen LogP contribution in [0.2, 0.25) is 0 Å². The van der Waals surface area contributed by atoms with Gasteiger partial charge in [0.1, 0.15) is 8.80 Å². The third-order valence-electron chi connectivity index (χ3n) is 1.32. The zero-order valence-corrected chi connectivity index (χ0v) is 6.30. The molecular weight excluding hydrogens is 124 g/mol. The van der Waals surface area contributed by atoms with Gasteiger partial charge in [-0.05, 0) is 0 Å². The zero-order chi connectivity index (χ0) is 6.69. The second-order valence-corrected chi connectivity index (χ2v) is 4.07. The van der Waals surface area contributed by atoms with Crippen LogP contribution in [-0.4, -0.2) is 8.80 Å². The van der Waals surface area contributed by atoms with Crippen LogP contribution in [0.4, 0.5) is 0 Å². The van der Waals surface area contributed by atoms with E-state index in [9.17, 15) is 0 Å². The molecule has 0 fully saturated rings. The van der Waals surface area contributed by atoms with E-state index >= 15 is 0 Å². The summed E-state index contributed by atoms with van der Waals surface area (Å²) in [6, 6.07) is 0. The van der Waals surface area contributed by atoms with Crippen LogP contribution in [0.15, 0.2) is 48.0 Å². The molecule has 0 N–H and O–H groups in total. The number of hydrogen-bond acceptors (Lipinski definition) is 0. The van der Waals surface area contributed by atoms with Crippen LogP contribution in [0.3, 0.4) is 0 Å². The fourth-order valence-electron chi connectivity index (χ4n) is 0.820. The molecule has 1 heteroatoms. The van der Waals surface area contributed by atoms with Gasteiger partial charge in [0.15, 0.2) is 0 Å². The molecule has 0 saturated heterocycles. The van der Waals surface area contributed by atoms with Crippen molar-refractivity contribution in [3.05, 3.63) is 48.0 Å². The first kappa shape index (κ1) is 6.30. The Morgan fingerprint density at radius 2 is 2.22 bits per heavy atom. The molecule has 1 rings (SSSR count). The predicted octanol–water partition coefficient (Wildman–Crippen LogP) is 1.97. The monoisotopic (exact) mass is 133 g/mol. The lowest BCUT2D eigenvalue weighted by Crippen LogP contribution is -2.04. The van der Waals surface area contributed by atoms with Crippen molar-refractivity contribution in [2.75, 3.05) is 0 Å². The minimum absolute atomic E-state index is 0.514. The van der Waals surface area contributed by atoms with Gasteiger partial charge in [-0.15, -0.1) is 6.58 Å². The molecule has 0 unspecified atom stereocenters. The lowest BCUT2D eigenvalue weighted by molar-refractivity contribution is 1.91. The first-order chi connectivity index (χ1) is 4.38. The standard InChI is InChI=1S/C8H9Si/c1-3-8-6-5-7-9(8)4-2/h3-7H,1-2H2. The fraction of sp³-hybridized carbons (Fsp3) is 0. The van der Waals surface area contributed by atoms with Crippen molar-refractivity contribution in [3.63, 3.8) is 0 Å². The lowest BCUT2D eigenvalue weighted by atomic mass is 10.5. The van der Waals surface area contributed by atoms with Crippen LogP contribution < -0.4 is 0 Å². The summed E-state index contributed by atoms with van der Waals surface area (Å²) in [5.41, 5.74) is 4.22. The Labute approximate surface area is 57.5 Å². The minimum Gasteiger partial charge on any atom is -0.106 e. The molecule has 1 aliphatic heterocycles. The average Bonchev–Trinajstić information content (AvgIpc) is 2.33. The largest absolute Gasteiger partial charge is 0.138 e. The molecule has 1 heterocycles. The van der Waals surface area contributed by atoms with Crippen LogP contribution in [0, 0.1) is 0 Å². The van der Waals surface area contributed by atoms with E-state index in [0.717, 1.165) is 0 Å². The Bertz CT molecular complexity index is 187. The average molecular weight is 133 g/mol. The van der Waals surface area contributed by atoms with Gasteiger partial charge < -0.3 is 0 Å². The Balaban J connectivity index is 2.76. The van der Waals surface area contributed by atoms with Crippen LogP contribution in [-0.2, 0) is 0 Å². The van der Waals surface area contributed by atoms with Crippen molar-refractivity contribution in [1.29, 1.82) is 0 Å². The van der Waals surface area contributed by atoms with Crippen molar-refractivity contribution in [2.24, 2.45) is 0 Å². The highest BCUT2D eigenvalue weighted by Gasteiger charge is 2.08. The predicted molar refractivity (Wildman–Crippen MR) is 43.4 cm³/mol. The summed E-state index contributed by atoms with van der Waals surface area (Å²) >= 11 is 0. The van der Waals surface area contributed by atoms with Gasteiger partial charge in [-0.3, -0.25) is 0 Å². The van der Waals surface area contributed by atoms with Crippen molar-refractivity contribution in [2.45, 2.75) is 0 Å². The first-order valence-corrected chi connectivity index (χ1v) is 4.54. The summed E-state index contributed by atoms with van der Waals surface area (Å²) in [7, 11) is -0.514. The van der Waals surface area contributed by atoms with E-state index in [2.05, 4.69) is 31.0 Å². The van der Waals surface area contributed by atoms with E-state index in [4.69, 9.17) is 0 Å². The summed E-state index contributed by atoms with van der Waals surface area (Å²) in [6.45, 7) is 7.46. The van der Waals surface area contributed by atoms with Gasteiger partial charge in [-0.1, -0.05) is 41.4 Å². The normalized spacial score (nSPS) is 17.6. The lowest BCUT2D eigenvalue weighted by Gasteiger charge is -1.97.